The number of nitrogens with one attached hydrogen (secondary N) is 1. The number of thiazole rings is 1. The van der Waals surface area contributed by atoms with Gasteiger partial charge in [0.15, 0.2) is 24.1 Å². The van der Waals surface area contributed by atoms with Gasteiger partial charge in [0.2, 0.25) is 5.75 Å². The van der Waals surface area contributed by atoms with E-state index in [1.807, 2.05) is 12.1 Å². The van der Waals surface area contributed by atoms with Gasteiger partial charge in [0.1, 0.15) is 44.7 Å². The molecule has 3 N–H and O–H groups in total. The molecule has 0 spiro atoms. The molecular weight excluding hydrogens is 858 g/mol. The first-order chi connectivity index (χ1) is 27.8. The summed E-state index contributed by atoms with van der Waals surface area (Å²) >= 11 is 2.78. The number of benzene rings is 5. The number of phenols is 1. The second-order valence-electron chi connectivity index (χ2n) is 13.4. The van der Waals surface area contributed by atoms with E-state index in [0.717, 1.165) is 42.1 Å². The number of unbranched alkanes of at least 4 members (excludes halogenated alkanes) is 3. The summed E-state index contributed by atoms with van der Waals surface area (Å²) in [5.41, 5.74) is 0.736. The number of rotatable bonds is 18. The van der Waals surface area contributed by atoms with Gasteiger partial charge in [-0.2, -0.15) is 0 Å². The number of aliphatic carboxylic acids is 1. The first kappa shape index (κ1) is 42.7. The van der Waals surface area contributed by atoms with Crippen molar-refractivity contribution >= 4 is 73.4 Å². The molecule has 1 aliphatic heterocycles. The van der Waals surface area contributed by atoms with Gasteiger partial charge in [0.05, 0.1) is 23.5 Å². The zero-order chi connectivity index (χ0) is 39.6. The molecule has 10 nitrogen and oxygen atoms in total. The zero-order valence-corrected chi connectivity index (χ0v) is 35.9. The Morgan fingerprint density at radius 3 is 2.03 bits per heavy atom. The Morgan fingerprint density at radius 2 is 1.43 bits per heavy atom. The molecule has 2 heterocycles. The minimum atomic E-state index is -1.86. The average molecular weight is 901 g/mol. The Balaban J connectivity index is 0.00000567. The second-order valence-corrected chi connectivity index (χ2v) is 19.1. The number of hydrogen-bond acceptors (Lipinski definition) is 10. The minimum Gasteiger partial charge on any atom is -1.00 e. The topological polar surface area (TPSA) is 140 Å². The molecule has 0 unspecified atom stereocenters. The van der Waals surface area contributed by atoms with Crippen LogP contribution in [0.1, 0.15) is 30.7 Å². The average Bonchev–Trinajstić information content (AvgIpc) is 3.91. The van der Waals surface area contributed by atoms with Gasteiger partial charge in [-0.05, 0) is 67.8 Å². The van der Waals surface area contributed by atoms with Crippen LogP contribution in [0.4, 0.5) is 0 Å². The number of thioether (sulfide) groups is 1. The van der Waals surface area contributed by atoms with Crippen molar-refractivity contribution in [3.63, 3.8) is 0 Å². The molecule has 14 heteroatoms. The molecule has 5 aromatic carbocycles. The SMILES string of the molecule is COc1cc(Oc2ccc3nc(C4=N[C@@H](C(=O)O)CS4)sc3c2)cc(OCC(=O)NCCCCCC[P+](c2ccccc2)(c2ccccc2)c2ccccc2)c1O.[Br-]. The number of carboxylic acid groups (broad SMARTS) is 1. The Kier molecular flexibility index (Phi) is 14.8. The number of aliphatic imine (C=N–C) groups is 1. The van der Waals surface area contributed by atoms with Crippen LogP contribution >= 0.6 is 30.4 Å². The number of carbonyl (C=O) groups excluding carboxylic acids is 1. The number of amides is 1. The van der Waals surface area contributed by atoms with Crippen LogP contribution in [0.25, 0.3) is 10.2 Å². The Labute approximate surface area is 356 Å². The lowest BCUT2D eigenvalue weighted by atomic mass is 10.2. The molecular formula is C44H43BrN3O7PS2. The van der Waals surface area contributed by atoms with Gasteiger partial charge >= 0.3 is 5.97 Å². The normalized spacial score (nSPS) is 13.7. The van der Waals surface area contributed by atoms with Gasteiger partial charge in [-0.15, -0.1) is 23.1 Å². The fourth-order valence-electron chi connectivity index (χ4n) is 6.83. The highest BCUT2D eigenvalue weighted by Gasteiger charge is 2.44. The van der Waals surface area contributed by atoms with Gasteiger partial charge in [-0.25, -0.2) is 9.78 Å². The summed E-state index contributed by atoms with van der Waals surface area (Å²) in [5, 5.41) is 28.4. The number of hydrogen-bond donors (Lipinski definition) is 3. The third kappa shape index (κ3) is 10.0. The maximum absolute atomic E-state index is 12.8. The number of aromatic hydroxyl groups is 1. The van der Waals surface area contributed by atoms with E-state index in [1.165, 1.54) is 58.3 Å². The second kappa shape index (κ2) is 20.2. The molecule has 1 aromatic heterocycles. The van der Waals surface area contributed by atoms with Crippen LogP contribution in [0.15, 0.2) is 126 Å². The molecule has 7 rings (SSSR count). The third-order valence-electron chi connectivity index (χ3n) is 9.64. The van der Waals surface area contributed by atoms with E-state index in [0.29, 0.717) is 33.8 Å². The van der Waals surface area contributed by atoms with Crippen LogP contribution in [0.5, 0.6) is 28.7 Å². The molecule has 1 atom stereocenters. The van der Waals surface area contributed by atoms with Crippen molar-refractivity contribution in [2.45, 2.75) is 31.7 Å². The van der Waals surface area contributed by atoms with Gasteiger partial charge < -0.3 is 46.7 Å². The predicted molar refractivity (Wildman–Crippen MR) is 232 cm³/mol. The number of carbonyl (C=O) groups is 2. The highest BCUT2D eigenvalue weighted by molar-refractivity contribution is 8.15. The van der Waals surface area contributed by atoms with Crippen LogP contribution in [-0.2, 0) is 9.59 Å². The molecule has 6 aromatic rings. The number of nitrogens with zero attached hydrogens (tertiary/aromatic N) is 2. The molecule has 1 aliphatic rings. The number of carboxylic acids is 1. The summed E-state index contributed by atoms with van der Waals surface area (Å²) in [7, 11) is -0.438. The fourth-order valence-corrected chi connectivity index (χ4v) is 13.3. The monoisotopic (exact) mass is 899 g/mol. The largest absolute Gasteiger partial charge is 1.00 e. The maximum atomic E-state index is 12.8. The molecule has 0 radical (unpaired) electrons. The summed E-state index contributed by atoms with van der Waals surface area (Å²) in [4.78, 5) is 33.0. The summed E-state index contributed by atoms with van der Waals surface area (Å²) in [6.45, 7) is 0.226. The standard InChI is InChI=1S/C44H42N3O7PS2.BrH/c1-52-37-25-31(54-30-21-22-35-39(27-30)57-43(46-35)42-47-36(29-56-42)44(50)51)26-38(41(37)49)53-28-40(48)45-23-13-2-3-14-24-55(32-15-7-4-8-16-32,33-17-9-5-10-18-33)34-19-11-6-12-20-34;/h4-12,15-22,25-27,36H,2-3,13-14,23-24,28-29H2,1H3,(H2-,45,48,49,50,51);1H/t36-;/m1./s1. The van der Waals surface area contributed by atoms with E-state index in [2.05, 4.69) is 106 Å². The molecule has 0 saturated carbocycles. The molecule has 0 bridgehead atoms. The van der Waals surface area contributed by atoms with E-state index in [1.54, 1.807) is 6.07 Å². The van der Waals surface area contributed by atoms with Gasteiger partial charge in [-0.3, -0.25) is 9.79 Å². The molecule has 0 fully saturated rings. The van der Waals surface area contributed by atoms with E-state index >= 15 is 0 Å². The van der Waals surface area contributed by atoms with Crippen molar-refractivity contribution in [1.29, 1.82) is 0 Å². The number of fused-ring (bicyclic) bond motifs is 1. The van der Waals surface area contributed by atoms with Gasteiger partial charge in [0.25, 0.3) is 5.91 Å². The van der Waals surface area contributed by atoms with Gasteiger partial charge in [-0.1, -0.05) is 61.0 Å². The summed E-state index contributed by atoms with van der Waals surface area (Å²) in [6, 6.07) is 40.4. The lowest BCUT2D eigenvalue weighted by molar-refractivity contribution is -0.137. The van der Waals surface area contributed by atoms with Crippen LogP contribution in [-0.4, -0.2) is 70.3 Å². The van der Waals surface area contributed by atoms with Crippen LogP contribution < -0.4 is 52.4 Å². The number of phenolic OH excluding ortho intramolecular Hbond substituents is 1. The Hall–Kier alpha value is -4.94. The van der Waals surface area contributed by atoms with E-state index in [9.17, 15) is 19.8 Å². The molecule has 1 amide bonds. The van der Waals surface area contributed by atoms with Crippen molar-refractivity contribution in [2.24, 2.45) is 4.99 Å². The maximum Gasteiger partial charge on any atom is 0.329 e. The fraction of sp³-hybridized carbons (Fsp3) is 0.227. The molecule has 0 aliphatic carbocycles. The summed E-state index contributed by atoms with van der Waals surface area (Å²) in [6.07, 6.45) is 4.98. The smallest absolute Gasteiger partial charge is 0.329 e. The van der Waals surface area contributed by atoms with Gasteiger partial charge in [0, 0.05) is 30.5 Å². The zero-order valence-electron chi connectivity index (χ0n) is 31.8. The first-order valence-corrected chi connectivity index (χ1v) is 22.5. The van der Waals surface area contributed by atoms with Crippen molar-refractivity contribution in [3.8, 4) is 28.7 Å². The van der Waals surface area contributed by atoms with E-state index < -0.39 is 19.3 Å². The molecule has 58 heavy (non-hydrogen) atoms. The third-order valence-corrected chi connectivity index (χ3v) is 16.4. The van der Waals surface area contributed by atoms with Crippen molar-refractivity contribution < 1.29 is 51.0 Å². The molecule has 300 valence electrons. The first-order valence-electron chi connectivity index (χ1n) is 18.7. The van der Waals surface area contributed by atoms with Crippen LogP contribution in [0, 0.1) is 0 Å². The number of halogens is 1. The lowest BCUT2D eigenvalue weighted by Crippen LogP contribution is -3.00. The van der Waals surface area contributed by atoms with Crippen LogP contribution in [0.2, 0.25) is 0 Å². The van der Waals surface area contributed by atoms with Crippen molar-refractivity contribution in [3.05, 3.63) is 126 Å². The Morgan fingerprint density at radius 1 is 0.810 bits per heavy atom. The molecule has 0 saturated heterocycles. The van der Waals surface area contributed by atoms with Crippen LogP contribution in [0.3, 0.4) is 0 Å². The number of ether oxygens (including phenoxy) is 3. The van der Waals surface area contributed by atoms with Crippen molar-refractivity contribution in [2.75, 3.05) is 32.2 Å². The van der Waals surface area contributed by atoms with Crippen molar-refractivity contribution in [1.82, 2.24) is 10.3 Å². The quantitative estimate of drug-likeness (QED) is 0.0821. The highest BCUT2D eigenvalue weighted by Crippen LogP contribution is 2.56. The Bertz CT molecular complexity index is 2250. The van der Waals surface area contributed by atoms with E-state index in [4.69, 9.17) is 14.2 Å². The minimum absolute atomic E-state index is 0. The summed E-state index contributed by atoms with van der Waals surface area (Å²) < 4.78 is 18.1. The van der Waals surface area contributed by atoms with E-state index in [-0.39, 0.29) is 46.7 Å². The lowest BCUT2D eigenvalue weighted by Gasteiger charge is -2.27. The number of aromatic nitrogens is 1. The highest BCUT2D eigenvalue weighted by atomic mass is 79.9. The number of methoxy groups -OCH3 is 1. The summed E-state index contributed by atoms with van der Waals surface area (Å²) in [5.74, 6) is -0.0854. The predicted octanol–water partition coefficient (Wildman–Crippen LogP) is 4.80.